The summed E-state index contributed by atoms with van der Waals surface area (Å²) >= 11 is 7.47. The molecule has 0 unspecified atom stereocenters. The monoisotopic (exact) mass is 309 g/mol. The number of halogens is 2. The summed E-state index contributed by atoms with van der Waals surface area (Å²) in [6, 6.07) is 7.29. The smallest absolute Gasteiger partial charge is 0.257 e. The van der Waals surface area contributed by atoms with Crippen LogP contribution in [0.4, 0.5) is 0 Å². The summed E-state index contributed by atoms with van der Waals surface area (Å²) in [6.45, 7) is 0. The molecule has 0 amide bonds. The summed E-state index contributed by atoms with van der Waals surface area (Å²) in [4.78, 5) is 9.60. The molecule has 0 aromatic heterocycles. The van der Waals surface area contributed by atoms with E-state index >= 15 is 0 Å². The van der Waals surface area contributed by atoms with Crippen molar-refractivity contribution < 1.29 is 4.92 Å². The van der Waals surface area contributed by atoms with Gasteiger partial charge in [-0.25, -0.2) is 0 Å². The van der Waals surface area contributed by atoms with Crippen LogP contribution in [0, 0.1) is 13.7 Å². The minimum Gasteiger partial charge on any atom is -0.257 e. The van der Waals surface area contributed by atoms with Crippen LogP contribution < -0.4 is 0 Å². The highest BCUT2D eigenvalue weighted by Gasteiger charge is 2.06. The van der Waals surface area contributed by atoms with Gasteiger partial charge in [0.2, 0.25) is 0 Å². The molecule has 13 heavy (non-hydrogen) atoms. The molecule has 0 fully saturated rings. The number of rotatable bonds is 2. The van der Waals surface area contributed by atoms with Crippen molar-refractivity contribution in [3.63, 3.8) is 0 Å². The number of hydrogen-bond acceptors (Lipinski definition) is 2. The molecule has 68 valence electrons. The van der Waals surface area contributed by atoms with Gasteiger partial charge in [0, 0.05) is 9.65 Å². The van der Waals surface area contributed by atoms with Crippen LogP contribution in [-0.4, -0.2) is 4.92 Å². The van der Waals surface area contributed by atoms with Gasteiger partial charge in [-0.1, -0.05) is 18.2 Å². The fourth-order valence-corrected chi connectivity index (χ4v) is 1.43. The van der Waals surface area contributed by atoms with Crippen molar-refractivity contribution in [1.82, 2.24) is 0 Å². The Bertz CT molecular complexity index is 365. The minimum atomic E-state index is -0.620. The Kier molecular flexibility index (Phi) is 3.68. The number of nitrogens with zero attached hydrogens (tertiary/aromatic N) is 1. The number of hydrogen-bond donors (Lipinski definition) is 0. The lowest BCUT2D eigenvalue weighted by Gasteiger charge is -1.95. The van der Waals surface area contributed by atoms with Gasteiger partial charge in [0.05, 0.1) is 4.92 Å². The minimum absolute atomic E-state index is 0.371. The summed E-state index contributed by atoms with van der Waals surface area (Å²) in [5.41, 5.74) is 0.754. The second-order valence-electron chi connectivity index (χ2n) is 2.25. The van der Waals surface area contributed by atoms with E-state index in [-0.39, 0.29) is 5.16 Å². The zero-order chi connectivity index (χ0) is 9.84. The van der Waals surface area contributed by atoms with E-state index in [2.05, 4.69) is 22.6 Å². The van der Waals surface area contributed by atoms with Gasteiger partial charge in [-0.15, -0.1) is 0 Å². The highest BCUT2D eigenvalue weighted by atomic mass is 127. The number of nitro groups is 1. The molecule has 0 bridgehead atoms. The Hall–Kier alpha value is -0.620. The van der Waals surface area contributed by atoms with Crippen molar-refractivity contribution in [2.45, 2.75) is 0 Å². The fraction of sp³-hybridized carbons (Fsp3) is 0. The van der Waals surface area contributed by atoms with E-state index in [1.165, 1.54) is 6.08 Å². The van der Waals surface area contributed by atoms with E-state index in [0.717, 1.165) is 9.13 Å². The quantitative estimate of drug-likeness (QED) is 0.365. The Morgan fingerprint density at radius 2 is 2.15 bits per heavy atom. The molecule has 0 saturated heterocycles. The average Bonchev–Trinajstić information content (AvgIpc) is 2.08. The predicted molar refractivity (Wildman–Crippen MR) is 60.0 cm³/mol. The third-order valence-electron chi connectivity index (χ3n) is 1.35. The average molecular weight is 309 g/mol. The first-order chi connectivity index (χ1) is 6.11. The first-order valence-corrected chi connectivity index (χ1v) is 4.83. The summed E-state index contributed by atoms with van der Waals surface area (Å²) in [7, 11) is 0. The zero-order valence-electron chi connectivity index (χ0n) is 6.41. The Balaban J connectivity index is 3.04. The molecule has 0 N–H and O–H groups in total. The molecule has 0 heterocycles. The van der Waals surface area contributed by atoms with Gasteiger partial charge in [-0.2, -0.15) is 0 Å². The van der Waals surface area contributed by atoms with Crippen LogP contribution >= 0.6 is 34.2 Å². The largest absolute Gasteiger partial charge is 0.337 e. The van der Waals surface area contributed by atoms with Crippen LogP contribution in [0.15, 0.2) is 29.4 Å². The van der Waals surface area contributed by atoms with E-state index in [0.29, 0.717) is 0 Å². The molecule has 0 saturated carbocycles. The lowest BCUT2D eigenvalue weighted by Crippen LogP contribution is -1.91. The van der Waals surface area contributed by atoms with Gasteiger partial charge in [-0.3, -0.25) is 10.1 Å². The van der Waals surface area contributed by atoms with E-state index in [1.54, 1.807) is 12.1 Å². The molecule has 0 radical (unpaired) electrons. The van der Waals surface area contributed by atoms with E-state index in [4.69, 9.17) is 11.6 Å². The maximum absolute atomic E-state index is 10.2. The molecule has 1 rings (SSSR count). The molecule has 3 nitrogen and oxygen atoms in total. The maximum Gasteiger partial charge on any atom is 0.337 e. The molecular formula is C8H5ClINO2. The van der Waals surface area contributed by atoms with Crippen LogP contribution in [0.25, 0.3) is 6.08 Å². The van der Waals surface area contributed by atoms with Crippen molar-refractivity contribution in [3.8, 4) is 0 Å². The molecule has 1 aromatic rings. The Labute approximate surface area is 93.7 Å². The van der Waals surface area contributed by atoms with Gasteiger partial charge < -0.3 is 0 Å². The second-order valence-corrected chi connectivity index (χ2v) is 3.80. The van der Waals surface area contributed by atoms with E-state index in [1.807, 2.05) is 12.1 Å². The zero-order valence-corrected chi connectivity index (χ0v) is 9.32. The Morgan fingerprint density at radius 3 is 2.69 bits per heavy atom. The van der Waals surface area contributed by atoms with Gasteiger partial charge in [0.1, 0.15) is 0 Å². The van der Waals surface area contributed by atoms with Crippen molar-refractivity contribution in [2.24, 2.45) is 0 Å². The van der Waals surface area contributed by atoms with E-state index < -0.39 is 4.92 Å². The lowest BCUT2D eigenvalue weighted by atomic mass is 10.2. The van der Waals surface area contributed by atoms with Crippen molar-refractivity contribution in [2.75, 3.05) is 0 Å². The third-order valence-corrected chi connectivity index (χ3v) is 2.58. The van der Waals surface area contributed by atoms with Gasteiger partial charge in [0.15, 0.2) is 0 Å². The summed E-state index contributed by atoms with van der Waals surface area (Å²) in [5, 5.41) is 9.85. The highest BCUT2D eigenvalue weighted by Crippen LogP contribution is 2.16. The van der Waals surface area contributed by atoms with Crippen LogP contribution in [0.1, 0.15) is 5.56 Å². The molecule has 1 aromatic carbocycles. The van der Waals surface area contributed by atoms with Crippen molar-refractivity contribution in [3.05, 3.63) is 48.7 Å². The molecule has 0 aliphatic carbocycles. The van der Waals surface area contributed by atoms with Crippen molar-refractivity contribution in [1.29, 1.82) is 0 Å². The molecule has 0 aliphatic rings. The standard InChI is InChI=1S/C8H5ClINO2/c9-8(11(12)13)5-6-3-1-2-4-7(6)10/h1-5H/b8-5+. The van der Waals surface area contributed by atoms with Gasteiger partial charge >= 0.3 is 5.16 Å². The lowest BCUT2D eigenvalue weighted by molar-refractivity contribution is -0.410. The molecule has 0 aliphatic heterocycles. The first-order valence-electron chi connectivity index (χ1n) is 3.37. The highest BCUT2D eigenvalue weighted by molar-refractivity contribution is 14.1. The third kappa shape index (κ3) is 2.96. The van der Waals surface area contributed by atoms with Crippen LogP contribution in [0.2, 0.25) is 0 Å². The van der Waals surface area contributed by atoms with Crippen molar-refractivity contribution >= 4 is 40.3 Å². The Morgan fingerprint density at radius 1 is 1.54 bits per heavy atom. The summed E-state index contributed by atoms with van der Waals surface area (Å²) in [5.74, 6) is 0. The molecule has 5 heteroatoms. The number of benzene rings is 1. The normalized spacial score (nSPS) is 11.4. The first kappa shape index (κ1) is 10.5. The topological polar surface area (TPSA) is 43.1 Å². The fourth-order valence-electron chi connectivity index (χ4n) is 0.773. The molecule has 0 spiro atoms. The van der Waals surface area contributed by atoms with Crippen LogP contribution in [0.3, 0.4) is 0 Å². The summed E-state index contributed by atoms with van der Waals surface area (Å²) in [6.07, 6.45) is 1.34. The van der Waals surface area contributed by atoms with Gasteiger partial charge in [-0.05, 0) is 45.8 Å². The summed E-state index contributed by atoms with van der Waals surface area (Å²) < 4.78 is 0.931. The van der Waals surface area contributed by atoms with E-state index in [9.17, 15) is 10.1 Å². The molecule has 0 atom stereocenters. The van der Waals surface area contributed by atoms with Gasteiger partial charge in [0.25, 0.3) is 0 Å². The van der Waals surface area contributed by atoms with Crippen LogP contribution in [-0.2, 0) is 0 Å². The molecular weight excluding hydrogens is 304 g/mol. The maximum atomic E-state index is 10.2. The SMILES string of the molecule is O=[N+]([O-])/C(Cl)=C/c1ccccc1I. The second kappa shape index (κ2) is 4.57. The van der Waals surface area contributed by atoms with Crippen LogP contribution in [0.5, 0.6) is 0 Å². The predicted octanol–water partition coefficient (Wildman–Crippen LogP) is 3.11.